The first-order chi connectivity index (χ1) is 12.2. The average Bonchev–Trinajstić information content (AvgIpc) is 2.65. The molecule has 0 aliphatic rings. The first kappa shape index (κ1) is 16.2. The van der Waals surface area contributed by atoms with Gasteiger partial charge in [0.25, 0.3) is 5.91 Å². The molecular weight excluding hydrogens is 316 g/mol. The SMILES string of the molecule is O=C(Nc1ccccc1)Nc1ccc(NC(=O)c2ccccn2)cc1. The predicted octanol–water partition coefficient (Wildman–Crippen LogP) is 3.98. The molecule has 0 atom stereocenters. The van der Waals surface area contributed by atoms with Gasteiger partial charge in [0.2, 0.25) is 0 Å². The fraction of sp³-hybridized carbons (Fsp3) is 0. The van der Waals surface area contributed by atoms with E-state index in [1.165, 1.54) is 0 Å². The van der Waals surface area contributed by atoms with Gasteiger partial charge in [0.15, 0.2) is 0 Å². The lowest BCUT2D eigenvalue weighted by Crippen LogP contribution is -2.19. The van der Waals surface area contributed by atoms with Crippen molar-refractivity contribution in [2.24, 2.45) is 0 Å². The molecule has 0 aliphatic heterocycles. The molecule has 3 aromatic rings. The zero-order valence-corrected chi connectivity index (χ0v) is 13.3. The third kappa shape index (κ3) is 4.65. The molecule has 1 aromatic heterocycles. The molecule has 124 valence electrons. The fourth-order valence-corrected chi connectivity index (χ4v) is 2.14. The number of amides is 3. The fourth-order valence-electron chi connectivity index (χ4n) is 2.14. The van der Waals surface area contributed by atoms with Gasteiger partial charge in [-0.3, -0.25) is 9.78 Å². The van der Waals surface area contributed by atoms with E-state index in [0.717, 1.165) is 0 Å². The van der Waals surface area contributed by atoms with E-state index in [2.05, 4.69) is 20.9 Å². The third-order valence-electron chi connectivity index (χ3n) is 3.33. The predicted molar refractivity (Wildman–Crippen MR) is 97.7 cm³/mol. The van der Waals surface area contributed by atoms with Crippen molar-refractivity contribution in [1.82, 2.24) is 4.98 Å². The van der Waals surface area contributed by atoms with E-state index in [-0.39, 0.29) is 11.9 Å². The molecule has 0 saturated carbocycles. The zero-order chi connectivity index (χ0) is 17.5. The minimum Gasteiger partial charge on any atom is -0.321 e. The van der Waals surface area contributed by atoms with E-state index in [1.807, 2.05) is 18.2 Å². The summed E-state index contributed by atoms with van der Waals surface area (Å²) in [6, 6.07) is 20.8. The molecule has 0 unspecified atom stereocenters. The van der Waals surface area contributed by atoms with Crippen LogP contribution in [0.3, 0.4) is 0 Å². The Morgan fingerprint density at radius 3 is 1.80 bits per heavy atom. The maximum Gasteiger partial charge on any atom is 0.323 e. The molecule has 0 fully saturated rings. The summed E-state index contributed by atoms with van der Waals surface area (Å²) < 4.78 is 0. The number of hydrogen-bond donors (Lipinski definition) is 3. The largest absolute Gasteiger partial charge is 0.323 e. The molecule has 6 heteroatoms. The number of para-hydroxylation sites is 1. The number of nitrogens with one attached hydrogen (secondary N) is 3. The number of benzene rings is 2. The Morgan fingerprint density at radius 1 is 0.640 bits per heavy atom. The third-order valence-corrected chi connectivity index (χ3v) is 3.33. The van der Waals surface area contributed by atoms with Gasteiger partial charge in [-0.15, -0.1) is 0 Å². The van der Waals surface area contributed by atoms with Crippen LogP contribution in [0.1, 0.15) is 10.5 Å². The summed E-state index contributed by atoms with van der Waals surface area (Å²) in [5, 5.41) is 8.21. The van der Waals surface area contributed by atoms with E-state index < -0.39 is 0 Å². The molecule has 6 nitrogen and oxygen atoms in total. The number of anilines is 3. The summed E-state index contributed by atoms with van der Waals surface area (Å²) in [5.74, 6) is -0.289. The topological polar surface area (TPSA) is 83.1 Å². The minimum atomic E-state index is -0.337. The van der Waals surface area contributed by atoms with Gasteiger partial charge in [-0.1, -0.05) is 24.3 Å². The molecule has 0 saturated heterocycles. The number of carbonyl (C=O) groups is 2. The highest BCUT2D eigenvalue weighted by Gasteiger charge is 2.07. The average molecular weight is 332 g/mol. The van der Waals surface area contributed by atoms with E-state index in [1.54, 1.807) is 60.8 Å². The molecule has 2 aromatic carbocycles. The van der Waals surface area contributed by atoms with Crippen LogP contribution in [0.2, 0.25) is 0 Å². The highest BCUT2D eigenvalue weighted by atomic mass is 16.2. The molecular formula is C19H16N4O2. The molecule has 0 spiro atoms. The summed E-state index contributed by atoms with van der Waals surface area (Å²) in [5.41, 5.74) is 2.28. The van der Waals surface area contributed by atoms with Gasteiger partial charge in [0, 0.05) is 23.3 Å². The second kappa shape index (κ2) is 7.74. The van der Waals surface area contributed by atoms with Crippen LogP contribution < -0.4 is 16.0 Å². The monoisotopic (exact) mass is 332 g/mol. The van der Waals surface area contributed by atoms with Crippen molar-refractivity contribution >= 4 is 29.0 Å². The zero-order valence-electron chi connectivity index (χ0n) is 13.3. The van der Waals surface area contributed by atoms with Crippen molar-refractivity contribution in [3.63, 3.8) is 0 Å². The van der Waals surface area contributed by atoms with Gasteiger partial charge < -0.3 is 16.0 Å². The summed E-state index contributed by atoms with van der Waals surface area (Å²) in [4.78, 5) is 28.0. The maximum absolute atomic E-state index is 12.0. The van der Waals surface area contributed by atoms with E-state index >= 15 is 0 Å². The second-order valence-electron chi connectivity index (χ2n) is 5.19. The smallest absolute Gasteiger partial charge is 0.321 e. The van der Waals surface area contributed by atoms with Crippen LogP contribution in [0, 0.1) is 0 Å². The van der Waals surface area contributed by atoms with Crippen molar-refractivity contribution in [3.05, 3.63) is 84.7 Å². The normalized spacial score (nSPS) is 9.92. The number of nitrogens with zero attached hydrogens (tertiary/aromatic N) is 1. The van der Waals surface area contributed by atoms with E-state index in [4.69, 9.17) is 0 Å². The number of urea groups is 1. The van der Waals surface area contributed by atoms with Crippen molar-refractivity contribution in [1.29, 1.82) is 0 Å². The van der Waals surface area contributed by atoms with Crippen molar-refractivity contribution in [2.45, 2.75) is 0 Å². The summed E-state index contributed by atoms with van der Waals surface area (Å²) in [6.07, 6.45) is 1.56. The minimum absolute atomic E-state index is 0.289. The standard InChI is InChI=1S/C19H16N4O2/c24-18(17-8-4-5-13-20-17)21-15-9-11-16(12-10-15)23-19(25)22-14-6-2-1-3-7-14/h1-13H,(H,21,24)(H2,22,23,25). The molecule has 25 heavy (non-hydrogen) atoms. The number of hydrogen-bond acceptors (Lipinski definition) is 3. The lowest BCUT2D eigenvalue weighted by atomic mass is 10.2. The molecule has 1 heterocycles. The molecule has 0 bridgehead atoms. The van der Waals surface area contributed by atoms with E-state index in [9.17, 15) is 9.59 Å². The van der Waals surface area contributed by atoms with Crippen LogP contribution >= 0.6 is 0 Å². The number of aromatic nitrogens is 1. The molecule has 3 amide bonds. The van der Waals surface area contributed by atoms with Gasteiger partial charge in [-0.25, -0.2) is 4.79 Å². The number of rotatable bonds is 4. The molecule has 0 radical (unpaired) electrons. The number of carbonyl (C=O) groups excluding carboxylic acids is 2. The van der Waals surface area contributed by atoms with Crippen molar-refractivity contribution in [2.75, 3.05) is 16.0 Å². The van der Waals surface area contributed by atoms with Gasteiger partial charge in [0.05, 0.1) is 0 Å². The Morgan fingerprint density at radius 2 is 1.20 bits per heavy atom. The summed E-state index contributed by atoms with van der Waals surface area (Å²) in [6.45, 7) is 0. The Kier molecular flexibility index (Phi) is 5.01. The van der Waals surface area contributed by atoms with Crippen LogP contribution in [0.5, 0.6) is 0 Å². The highest BCUT2D eigenvalue weighted by Crippen LogP contribution is 2.15. The Bertz CT molecular complexity index is 850. The van der Waals surface area contributed by atoms with E-state index in [0.29, 0.717) is 22.8 Å². The second-order valence-corrected chi connectivity index (χ2v) is 5.19. The molecule has 3 N–H and O–H groups in total. The van der Waals surface area contributed by atoms with Crippen LogP contribution in [-0.4, -0.2) is 16.9 Å². The lowest BCUT2D eigenvalue weighted by molar-refractivity contribution is 0.102. The first-order valence-electron chi connectivity index (χ1n) is 7.66. The van der Waals surface area contributed by atoms with Crippen LogP contribution in [0.15, 0.2) is 79.0 Å². The van der Waals surface area contributed by atoms with Crippen LogP contribution in [0.25, 0.3) is 0 Å². The number of pyridine rings is 1. The Labute approximate surface area is 144 Å². The van der Waals surface area contributed by atoms with Gasteiger partial charge in [-0.05, 0) is 48.5 Å². The maximum atomic E-state index is 12.0. The van der Waals surface area contributed by atoms with Gasteiger partial charge in [0.1, 0.15) is 5.69 Å². The lowest BCUT2D eigenvalue weighted by Gasteiger charge is -2.09. The molecule has 0 aliphatic carbocycles. The van der Waals surface area contributed by atoms with Crippen molar-refractivity contribution in [3.8, 4) is 0 Å². The van der Waals surface area contributed by atoms with Gasteiger partial charge in [-0.2, -0.15) is 0 Å². The Hall–Kier alpha value is -3.67. The summed E-state index contributed by atoms with van der Waals surface area (Å²) >= 11 is 0. The summed E-state index contributed by atoms with van der Waals surface area (Å²) in [7, 11) is 0. The first-order valence-corrected chi connectivity index (χ1v) is 7.66. The Balaban J connectivity index is 1.57. The quantitative estimate of drug-likeness (QED) is 0.676. The highest BCUT2D eigenvalue weighted by molar-refractivity contribution is 6.03. The van der Waals surface area contributed by atoms with Crippen LogP contribution in [0.4, 0.5) is 21.9 Å². The van der Waals surface area contributed by atoms with Crippen molar-refractivity contribution < 1.29 is 9.59 Å². The van der Waals surface area contributed by atoms with Gasteiger partial charge >= 0.3 is 6.03 Å². The van der Waals surface area contributed by atoms with Crippen LogP contribution in [-0.2, 0) is 0 Å². The molecule has 3 rings (SSSR count).